The molecule has 0 aliphatic heterocycles. The Bertz CT molecular complexity index is 561. The molecule has 0 spiro atoms. The molecule has 2 aromatic carbocycles. The first kappa shape index (κ1) is 15.1. The first-order chi connectivity index (χ1) is 7.43. The Hall–Kier alpha value is 0.0573. The van der Waals surface area contributed by atoms with Gasteiger partial charge >= 0.3 is 0 Å². The Kier molecular flexibility index (Phi) is 6.09. The third kappa shape index (κ3) is 3.29. The van der Waals surface area contributed by atoms with Crippen LogP contribution in [0.1, 0.15) is 0 Å². The minimum atomic E-state index is 0. The predicted octanol–water partition coefficient (Wildman–Crippen LogP) is 3.76. The number of nitrogens with zero attached hydrogens (tertiary/aromatic N) is 1. The van der Waals surface area contributed by atoms with Crippen molar-refractivity contribution < 1.29 is 52.2 Å². The van der Waals surface area contributed by atoms with E-state index >= 15 is 0 Å². The van der Waals surface area contributed by atoms with Crippen LogP contribution in [0.25, 0.3) is 20.8 Å². The SMILES string of the molecule is [Y].[Zn].[c-]1ccccc1-c1nc2ccccc2s1. The van der Waals surface area contributed by atoms with Crippen molar-refractivity contribution in [3.05, 3.63) is 54.6 Å². The maximum Gasteiger partial charge on any atom is 0.0697 e. The van der Waals surface area contributed by atoms with Crippen molar-refractivity contribution in [3.63, 3.8) is 0 Å². The second-order valence-electron chi connectivity index (χ2n) is 3.26. The molecular weight excluding hydrogens is 357 g/mol. The normalized spacial score (nSPS) is 9.41. The summed E-state index contributed by atoms with van der Waals surface area (Å²) in [6.45, 7) is 0. The standard InChI is InChI=1S/C13H8NS.Y.Zn/c1-2-6-10(7-3-1)13-14-11-8-4-5-9-12(11)15-13;;/h1-6,8-9H;;/q-1;;. The van der Waals surface area contributed by atoms with Crippen LogP contribution in [-0.2, 0) is 52.2 Å². The fraction of sp³-hybridized carbons (Fsp3) is 0. The zero-order valence-electron chi connectivity index (χ0n) is 9.26. The van der Waals surface area contributed by atoms with Gasteiger partial charge in [0.25, 0.3) is 0 Å². The topological polar surface area (TPSA) is 12.9 Å². The van der Waals surface area contributed by atoms with Crippen LogP contribution in [0.2, 0.25) is 0 Å². The van der Waals surface area contributed by atoms with Crippen LogP contribution in [-0.4, -0.2) is 4.98 Å². The van der Waals surface area contributed by atoms with Gasteiger partial charge < -0.3 is 0 Å². The van der Waals surface area contributed by atoms with Gasteiger partial charge in [-0.25, -0.2) is 0 Å². The fourth-order valence-electron chi connectivity index (χ4n) is 1.51. The molecule has 1 radical (unpaired) electrons. The monoisotopic (exact) mass is 363 g/mol. The summed E-state index contributed by atoms with van der Waals surface area (Å²) >= 11 is 1.71. The third-order valence-corrected chi connectivity index (χ3v) is 3.30. The van der Waals surface area contributed by atoms with E-state index in [-0.39, 0.29) is 52.2 Å². The van der Waals surface area contributed by atoms with Crippen molar-refractivity contribution in [3.8, 4) is 10.6 Å². The summed E-state index contributed by atoms with van der Waals surface area (Å²) in [5, 5.41) is 1.04. The molecule has 77 valence electrons. The molecule has 1 heterocycles. The quantitative estimate of drug-likeness (QED) is 0.473. The van der Waals surface area contributed by atoms with Crippen molar-refractivity contribution in [1.82, 2.24) is 4.98 Å². The Morgan fingerprint density at radius 3 is 2.47 bits per heavy atom. The summed E-state index contributed by atoms with van der Waals surface area (Å²) in [7, 11) is 0. The first-order valence-corrected chi connectivity index (χ1v) is 5.58. The smallest absolute Gasteiger partial charge is 0.0697 e. The average Bonchev–Trinajstić information content (AvgIpc) is 2.74. The van der Waals surface area contributed by atoms with Crippen molar-refractivity contribution >= 4 is 21.6 Å². The van der Waals surface area contributed by atoms with Gasteiger partial charge in [0.05, 0.1) is 5.52 Å². The van der Waals surface area contributed by atoms with Crippen LogP contribution in [0.15, 0.2) is 48.5 Å². The summed E-state index contributed by atoms with van der Waals surface area (Å²) in [4.78, 5) is 4.57. The molecule has 0 saturated carbocycles. The largest absolute Gasteiger partial charge is 0.285 e. The molecule has 0 amide bonds. The van der Waals surface area contributed by atoms with Gasteiger partial charge in [-0.2, -0.15) is 11.3 Å². The van der Waals surface area contributed by atoms with E-state index < -0.39 is 0 Å². The second kappa shape index (κ2) is 6.85. The Balaban J connectivity index is 0.000000722. The van der Waals surface area contributed by atoms with E-state index in [0.717, 1.165) is 16.1 Å². The number of aromatic nitrogens is 1. The summed E-state index contributed by atoms with van der Waals surface area (Å²) in [6, 6.07) is 19.3. The molecule has 17 heavy (non-hydrogen) atoms. The number of para-hydroxylation sites is 1. The van der Waals surface area contributed by atoms with Crippen LogP contribution in [0.5, 0.6) is 0 Å². The van der Waals surface area contributed by atoms with E-state index in [9.17, 15) is 0 Å². The summed E-state index contributed by atoms with van der Waals surface area (Å²) in [5.41, 5.74) is 2.13. The van der Waals surface area contributed by atoms with Crippen LogP contribution >= 0.6 is 11.3 Å². The molecule has 3 aromatic rings. The molecule has 1 nitrogen and oxygen atoms in total. The van der Waals surface area contributed by atoms with Crippen LogP contribution in [0, 0.1) is 6.07 Å². The minimum absolute atomic E-state index is 0. The van der Waals surface area contributed by atoms with Gasteiger partial charge in [0, 0.05) is 61.9 Å². The maximum absolute atomic E-state index is 4.57. The number of rotatable bonds is 1. The zero-order valence-corrected chi connectivity index (χ0v) is 15.9. The van der Waals surface area contributed by atoms with Gasteiger partial charge in [0.2, 0.25) is 0 Å². The van der Waals surface area contributed by atoms with Crippen LogP contribution in [0.4, 0.5) is 0 Å². The molecule has 0 unspecified atom stereocenters. The van der Waals surface area contributed by atoms with Crippen molar-refractivity contribution in [2.24, 2.45) is 0 Å². The molecule has 0 saturated heterocycles. The molecule has 1 aromatic heterocycles. The molecule has 0 bridgehead atoms. The molecule has 3 rings (SSSR count). The number of hydrogen-bond donors (Lipinski definition) is 0. The molecule has 0 aliphatic rings. The molecule has 0 N–H and O–H groups in total. The third-order valence-electron chi connectivity index (χ3n) is 2.23. The Morgan fingerprint density at radius 2 is 1.76 bits per heavy atom. The maximum atomic E-state index is 4.57. The molecule has 4 heteroatoms. The number of hydrogen-bond acceptors (Lipinski definition) is 2. The Labute approximate surface area is 142 Å². The van der Waals surface area contributed by atoms with Gasteiger partial charge in [0.15, 0.2) is 0 Å². The van der Waals surface area contributed by atoms with E-state index in [1.54, 1.807) is 11.3 Å². The summed E-state index contributed by atoms with van der Waals surface area (Å²) in [5.74, 6) is 0. The van der Waals surface area contributed by atoms with Gasteiger partial charge in [-0.05, 0) is 12.1 Å². The Morgan fingerprint density at radius 1 is 1.00 bits per heavy atom. The molecule has 0 atom stereocenters. The summed E-state index contributed by atoms with van der Waals surface area (Å²) in [6.07, 6.45) is 0. The van der Waals surface area contributed by atoms with Crippen LogP contribution < -0.4 is 0 Å². The second-order valence-corrected chi connectivity index (χ2v) is 4.29. The van der Waals surface area contributed by atoms with Crippen molar-refractivity contribution in [1.29, 1.82) is 0 Å². The van der Waals surface area contributed by atoms with E-state index in [1.165, 1.54) is 4.70 Å². The van der Waals surface area contributed by atoms with E-state index in [4.69, 9.17) is 0 Å². The van der Waals surface area contributed by atoms with Gasteiger partial charge in [-0.15, -0.1) is 35.9 Å². The zero-order chi connectivity index (χ0) is 10.1. The van der Waals surface area contributed by atoms with E-state index in [0.29, 0.717) is 0 Å². The molecule has 0 fully saturated rings. The predicted molar refractivity (Wildman–Crippen MR) is 63.9 cm³/mol. The van der Waals surface area contributed by atoms with Gasteiger partial charge in [-0.3, -0.25) is 4.98 Å². The van der Waals surface area contributed by atoms with E-state index in [1.807, 2.05) is 42.5 Å². The first-order valence-electron chi connectivity index (χ1n) is 4.76. The van der Waals surface area contributed by atoms with Gasteiger partial charge in [0.1, 0.15) is 0 Å². The van der Waals surface area contributed by atoms with Gasteiger partial charge in [-0.1, -0.05) is 12.1 Å². The average molecular weight is 365 g/mol. The van der Waals surface area contributed by atoms with Crippen molar-refractivity contribution in [2.45, 2.75) is 0 Å². The fourth-order valence-corrected chi connectivity index (χ4v) is 2.47. The molecule has 0 aliphatic carbocycles. The summed E-state index contributed by atoms with van der Waals surface area (Å²) < 4.78 is 1.23. The molecular formula is C13H8NSYZn-. The van der Waals surface area contributed by atoms with E-state index in [2.05, 4.69) is 17.1 Å². The number of thiazole rings is 1. The van der Waals surface area contributed by atoms with Crippen LogP contribution in [0.3, 0.4) is 0 Å². The number of benzene rings is 2. The minimum Gasteiger partial charge on any atom is -0.285 e. The number of fused-ring (bicyclic) bond motifs is 1. The van der Waals surface area contributed by atoms with Crippen molar-refractivity contribution in [2.75, 3.05) is 0 Å².